The number of hydrogen-bond donors (Lipinski definition) is 0. The minimum Gasteiger partial charge on any atom is -0.129 e. The molecule has 0 saturated carbocycles. The van der Waals surface area contributed by atoms with E-state index in [1.54, 1.807) is 5.57 Å². The molecule has 0 aromatic heterocycles. The molecule has 0 aromatic carbocycles. The molecule has 1 aliphatic rings. The third-order valence-electron chi connectivity index (χ3n) is 6.71. The Morgan fingerprint density at radius 1 is 0.640 bits per heavy atom. The minimum atomic E-state index is 0.0203. The van der Waals surface area contributed by atoms with Crippen molar-refractivity contribution in [2.45, 2.75) is 93.4 Å². The van der Waals surface area contributed by atoms with Crippen LogP contribution in [0.5, 0.6) is 0 Å². The van der Waals surface area contributed by atoms with Crippen molar-refractivity contribution in [1.29, 1.82) is 0 Å². The van der Waals surface area contributed by atoms with E-state index in [9.17, 15) is 0 Å². The summed E-state index contributed by atoms with van der Waals surface area (Å²) in [5, 5.41) is 0.0869. The Hall–Kier alpha value is 0.340. The van der Waals surface area contributed by atoms with Crippen molar-refractivity contribution in [2.75, 3.05) is 0 Å². The Bertz CT molecular complexity index is 523. The first-order valence-corrected chi connectivity index (χ1v) is 10.8. The maximum Gasteiger partial charge on any atom is 0.0162 e. The van der Waals surface area contributed by atoms with Gasteiger partial charge in [0, 0.05) is 16.2 Å². The van der Waals surface area contributed by atoms with Gasteiger partial charge in [0.25, 0.3) is 0 Å². The van der Waals surface area contributed by atoms with Gasteiger partial charge >= 0.3 is 0 Å². The quantitative estimate of drug-likeness (QED) is 0.433. The predicted octanol–water partition coefficient (Wildman–Crippen LogP) is 7.51. The summed E-state index contributed by atoms with van der Waals surface area (Å²) in [6, 6.07) is 0. The lowest BCUT2D eigenvalue weighted by Gasteiger charge is -2.60. The smallest absolute Gasteiger partial charge is 0.0162 e. The van der Waals surface area contributed by atoms with Crippen molar-refractivity contribution in [3.05, 3.63) is 23.8 Å². The zero-order valence-electron chi connectivity index (χ0n) is 19.0. The summed E-state index contributed by atoms with van der Waals surface area (Å²) in [7, 11) is 6.61. The van der Waals surface area contributed by atoms with Crippen LogP contribution in [0.4, 0.5) is 0 Å². The van der Waals surface area contributed by atoms with E-state index in [1.807, 2.05) is 0 Å². The van der Waals surface area contributed by atoms with E-state index in [1.165, 1.54) is 0 Å². The van der Waals surface area contributed by atoms with E-state index in [0.29, 0.717) is 5.92 Å². The molecule has 1 rings (SSSR count). The molecule has 0 radical (unpaired) electrons. The SMILES string of the molecule is CC(C)(C)C(P)(C1=CC=CC1C(P)(C(C)(C)C)C(C)(C)C)C(C)(C)C. The van der Waals surface area contributed by atoms with Crippen LogP contribution in [0.2, 0.25) is 0 Å². The summed E-state index contributed by atoms with van der Waals surface area (Å²) in [4.78, 5) is 0. The van der Waals surface area contributed by atoms with Gasteiger partial charge in [-0.3, -0.25) is 0 Å². The standard InChI is InChI=1S/C23H44P2/c1-18(2,3)22(24,19(4,5)6)16-14-13-15-17(16)23(25,20(7,8)9)21(10,11)12/h13-16H,24-25H2,1-12H3. The van der Waals surface area contributed by atoms with Crippen LogP contribution in [0.15, 0.2) is 23.8 Å². The van der Waals surface area contributed by atoms with Crippen molar-refractivity contribution in [1.82, 2.24) is 0 Å². The number of rotatable bonds is 2. The molecule has 0 amide bonds. The van der Waals surface area contributed by atoms with E-state index in [-0.39, 0.29) is 32.0 Å². The van der Waals surface area contributed by atoms with Crippen LogP contribution in [0, 0.1) is 27.6 Å². The summed E-state index contributed by atoms with van der Waals surface area (Å²) in [6.07, 6.45) is 7.16. The molecule has 3 atom stereocenters. The van der Waals surface area contributed by atoms with Crippen LogP contribution < -0.4 is 0 Å². The van der Waals surface area contributed by atoms with Crippen LogP contribution in [0.1, 0.15) is 83.1 Å². The molecule has 3 unspecified atom stereocenters. The second-order valence-electron chi connectivity index (χ2n) is 12.2. The van der Waals surface area contributed by atoms with Gasteiger partial charge in [0.15, 0.2) is 0 Å². The fraction of sp³-hybridized carbons (Fsp3) is 0.826. The maximum atomic E-state index is 3.31. The fourth-order valence-corrected chi connectivity index (χ4v) is 5.87. The minimum absolute atomic E-state index is 0.0203. The third kappa shape index (κ3) is 3.57. The lowest BCUT2D eigenvalue weighted by molar-refractivity contribution is 0.0926. The molecule has 0 saturated heterocycles. The lowest BCUT2D eigenvalue weighted by Crippen LogP contribution is -2.58. The average Bonchev–Trinajstić information content (AvgIpc) is 2.80. The topological polar surface area (TPSA) is 0 Å². The van der Waals surface area contributed by atoms with Crippen molar-refractivity contribution in [2.24, 2.45) is 27.6 Å². The van der Waals surface area contributed by atoms with E-state index >= 15 is 0 Å². The first-order chi connectivity index (χ1) is 10.7. The summed E-state index contributed by atoms with van der Waals surface area (Å²) in [5.41, 5.74) is 2.18. The molecule has 1 aliphatic carbocycles. The van der Waals surface area contributed by atoms with Crippen molar-refractivity contribution < 1.29 is 0 Å². The Kier molecular flexibility index (Phi) is 6.03. The fourth-order valence-electron chi connectivity index (χ4n) is 5.30. The highest BCUT2D eigenvalue weighted by Gasteiger charge is 2.58. The van der Waals surface area contributed by atoms with Crippen LogP contribution in [-0.4, -0.2) is 10.3 Å². The van der Waals surface area contributed by atoms with Gasteiger partial charge in [0.1, 0.15) is 0 Å². The Morgan fingerprint density at radius 3 is 1.28 bits per heavy atom. The summed E-state index contributed by atoms with van der Waals surface area (Å²) in [5.74, 6) is 0.411. The number of hydrogen-bond acceptors (Lipinski definition) is 0. The van der Waals surface area contributed by atoms with Gasteiger partial charge in [-0.25, -0.2) is 0 Å². The molecule has 0 spiro atoms. The average molecular weight is 383 g/mol. The second kappa shape index (κ2) is 6.45. The molecular formula is C23H44P2. The Morgan fingerprint density at radius 2 is 1.00 bits per heavy atom. The molecule has 0 aromatic rings. The summed E-state index contributed by atoms with van der Waals surface area (Å²) >= 11 is 0. The van der Waals surface area contributed by atoms with Gasteiger partial charge in [-0.2, -0.15) is 0 Å². The zero-order valence-corrected chi connectivity index (χ0v) is 21.3. The van der Waals surface area contributed by atoms with Crippen molar-refractivity contribution in [3.8, 4) is 0 Å². The largest absolute Gasteiger partial charge is 0.129 e. The second-order valence-corrected chi connectivity index (χ2v) is 13.9. The van der Waals surface area contributed by atoms with Crippen LogP contribution in [0.25, 0.3) is 0 Å². The monoisotopic (exact) mass is 382 g/mol. The van der Waals surface area contributed by atoms with Gasteiger partial charge in [0.2, 0.25) is 0 Å². The normalized spacial score (nSPS) is 20.9. The van der Waals surface area contributed by atoms with E-state index in [4.69, 9.17) is 0 Å². The highest BCUT2D eigenvalue weighted by atomic mass is 31.0. The molecule has 0 fully saturated rings. The molecule has 146 valence electrons. The molecule has 0 aliphatic heterocycles. The van der Waals surface area contributed by atoms with Gasteiger partial charge in [0.05, 0.1) is 0 Å². The molecule has 0 N–H and O–H groups in total. The van der Waals surface area contributed by atoms with Gasteiger partial charge in [-0.15, -0.1) is 18.5 Å². The van der Waals surface area contributed by atoms with Crippen LogP contribution >= 0.6 is 18.5 Å². The maximum absolute atomic E-state index is 3.31. The summed E-state index contributed by atoms with van der Waals surface area (Å²) in [6.45, 7) is 28.7. The highest BCUT2D eigenvalue weighted by Crippen LogP contribution is 2.65. The molecule has 25 heavy (non-hydrogen) atoms. The Balaban J connectivity index is 3.70. The number of allylic oxidation sites excluding steroid dienone is 4. The first kappa shape index (κ1) is 23.4. The molecule has 0 bridgehead atoms. The first-order valence-electron chi connectivity index (χ1n) is 9.69. The summed E-state index contributed by atoms with van der Waals surface area (Å²) < 4.78 is 0. The lowest BCUT2D eigenvalue weighted by atomic mass is 9.53. The molecule has 2 heteroatoms. The van der Waals surface area contributed by atoms with Gasteiger partial charge in [-0.05, 0) is 21.7 Å². The predicted molar refractivity (Wildman–Crippen MR) is 123 cm³/mol. The molecule has 0 nitrogen and oxygen atoms in total. The van der Waals surface area contributed by atoms with E-state index in [0.717, 1.165) is 0 Å². The highest BCUT2D eigenvalue weighted by molar-refractivity contribution is 7.20. The van der Waals surface area contributed by atoms with Gasteiger partial charge < -0.3 is 0 Å². The van der Waals surface area contributed by atoms with E-state index in [2.05, 4.69) is 120 Å². The zero-order chi connectivity index (χ0) is 20.3. The Labute approximate surface area is 163 Å². The van der Waals surface area contributed by atoms with E-state index < -0.39 is 0 Å². The molecular weight excluding hydrogens is 338 g/mol. The van der Waals surface area contributed by atoms with Crippen LogP contribution in [0.3, 0.4) is 0 Å². The molecule has 0 heterocycles. The van der Waals surface area contributed by atoms with Gasteiger partial charge in [-0.1, -0.05) is 107 Å². The van der Waals surface area contributed by atoms with Crippen molar-refractivity contribution in [3.63, 3.8) is 0 Å². The van der Waals surface area contributed by atoms with Crippen molar-refractivity contribution >= 4 is 18.5 Å². The third-order valence-corrected chi connectivity index (χ3v) is 10.9. The van der Waals surface area contributed by atoms with Crippen LogP contribution in [-0.2, 0) is 0 Å².